The van der Waals surface area contributed by atoms with Gasteiger partial charge in [-0.2, -0.15) is 11.8 Å². The standard InChI is InChI=1S/C12H15NS2/c1-13-11(8-14-2)10-7-15-12-6-4-3-5-9(10)12/h3-7,11,13H,8H2,1-2H3. The first kappa shape index (κ1) is 11.0. The van der Waals surface area contributed by atoms with Crippen LogP contribution in [0.1, 0.15) is 11.6 Å². The van der Waals surface area contributed by atoms with E-state index < -0.39 is 0 Å². The van der Waals surface area contributed by atoms with Gasteiger partial charge in [0.1, 0.15) is 0 Å². The topological polar surface area (TPSA) is 12.0 Å². The number of thiophene rings is 1. The molecule has 1 nitrogen and oxygen atoms in total. The van der Waals surface area contributed by atoms with E-state index in [4.69, 9.17) is 0 Å². The average molecular weight is 237 g/mol. The monoisotopic (exact) mass is 237 g/mol. The van der Waals surface area contributed by atoms with Gasteiger partial charge in [0, 0.05) is 16.5 Å². The van der Waals surface area contributed by atoms with Gasteiger partial charge < -0.3 is 5.32 Å². The van der Waals surface area contributed by atoms with Gasteiger partial charge in [-0.25, -0.2) is 0 Å². The Bertz CT molecular complexity index is 436. The first-order valence-corrected chi connectivity index (χ1v) is 7.26. The maximum atomic E-state index is 3.38. The van der Waals surface area contributed by atoms with Crippen molar-refractivity contribution in [3.63, 3.8) is 0 Å². The molecule has 0 radical (unpaired) electrons. The number of hydrogen-bond donors (Lipinski definition) is 1. The summed E-state index contributed by atoms with van der Waals surface area (Å²) in [5.41, 5.74) is 1.44. The van der Waals surface area contributed by atoms with Gasteiger partial charge in [0.05, 0.1) is 0 Å². The van der Waals surface area contributed by atoms with E-state index in [1.807, 2.05) is 30.1 Å². The summed E-state index contributed by atoms with van der Waals surface area (Å²) >= 11 is 3.72. The van der Waals surface area contributed by atoms with Gasteiger partial charge in [-0.15, -0.1) is 11.3 Å². The van der Waals surface area contributed by atoms with Crippen molar-refractivity contribution in [2.75, 3.05) is 19.1 Å². The Hall–Kier alpha value is -0.510. The summed E-state index contributed by atoms with van der Waals surface area (Å²) in [5, 5.41) is 7.06. The SMILES string of the molecule is CNC(CSC)c1csc2ccccc12. The molecule has 2 aromatic rings. The molecule has 0 fully saturated rings. The Kier molecular flexibility index (Phi) is 3.67. The van der Waals surface area contributed by atoms with Crippen LogP contribution in [0.2, 0.25) is 0 Å². The lowest BCUT2D eigenvalue weighted by atomic mass is 10.1. The van der Waals surface area contributed by atoms with Gasteiger partial charge in [0.25, 0.3) is 0 Å². The molecule has 3 heteroatoms. The van der Waals surface area contributed by atoms with Crippen LogP contribution < -0.4 is 5.32 Å². The Morgan fingerprint density at radius 1 is 1.40 bits per heavy atom. The third kappa shape index (κ3) is 2.19. The van der Waals surface area contributed by atoms with E-state index >= 15 is 0 Å². The molecule has 0 aliphatic heterocycles. The zero-order valence-corrected chi connectivity index (χ0v) is 10.6. The van der Waals surface area contributed by atoms with Gasteiger partial charge in [-0.1, -0.05) is 18.2 Å². The summed E-state index contributed by atoms with van der Waals surface area (Å²) in [6.45, 7) is 0. The van der Waals surface area contributed by atoms with Crippen molar-refractivity contribution >= 4 is 33.2 Å². The minimum Gasteiger partial charge on any atom is -0.312 e. The van der Waals surface area contributed by atoms with E-state index in [9.17, 15) is 0 Å². The molecule has 0 aliphatic carbocycles. The summed E-state index contributed by atoms with van der Waals surface area (Å²) < 4.78 is 1.38. The van der Waals surface area contributed by atoms with Gasteiger partial charge in [-0.05, 0) is 35.7 Å². The number of hydrogen-bond acceptors (Lipinski definition) is 3. The van der Waals surface area contributed by atoms with E-state index in [-0.39, 0.29) is 0 Å². The second-order valence-electron chi connectivity index (χ2n) is 3.48. The van der Waals surface area contributed by atoms with Crippen molar-refractivity contribution in [2.45, 2.75) is 6.04 Å². The maximum absolute atomic E-state index is 3.38. The van der Waals surface area contributed by atoms with Crippen LogP contribution in [-0.4, -0.2) is 19.1 Å². The summed E-state index contributed by atoms with van der Waals surface area (Å²) in [7, 11) is 2.04. The highest BCUT2D eigenvalue weighted by molar-refractivity contribution is 7.98. The summed E-state index contributed by atoms with van der Waals surface area (Å²) in [4.78, 5) is 0. The fourth-order valence-electron chi connectivity index (χ4n) is 1.76. The van der Waals surface area contributed by atoms with Crippen molar-refractivity contribution in [2.24, 2.45) is 0 Å². The van der Waals surface area contributed by atoms with E-state index in [0.717, 1.165) is 5.75 Å². The van der Waals surface area contributed by atoms with Crippen LogP contribution in [0.25, 0.3) is 10.1 Å². The first-order valence-electron chi connectivity index (χ1n) is 4.99. The smallest absolute Gasteiger partial charge is 0.0423 e. The highest BCUT2D eigenvalue weighted by atomic mass is 32.2. The number of nitrogens with one attached hydrogen (secondary N) is 1. The molecular formula is C12H15NS2. The quantitative estimate of drug-likeness (QED) is 0.873. The van der Waals surface area contributed by atoms with E-state index in [2.05, 4.69) is 41.2 Å². The average Bonchev–Trinajstić information content (AvgIpc) is 2.70. The van der Waals surface area contributed by atoms with Crippen LogP contribution in [-0.2, 0) is 0 Å². The third-order valence-corrected chi connectivity index (χ3v) is 4.22. The van der Waals surface area contributed by atoms with Crippen LogP contribution in [0.5, 0.6) is 0 Å². The van der Waals surface area contributed by atoms with Crippen molar-refractivity contribution in [3.05, 3.63) is 35.2 Å². The highest BCUT2D eigenvalue weighted by Gasteiger charge is 2.12. The van der Waals surface area contributed by atoms with Crippen LogP contribution in [0.3, 0.4) is 0 Å². The van der Waals surface area contributed by atoms with Crippen molar-refractivity contribution in [3.8, 4) is 0 Å². The van der Waals surface area contributed by atoms with E-state index in [0.29, 0.717) is 6.04 Å². The number of rotatable bonds is 4. The van der Waals surface area contributed by atoms with Gasteiger partial charge >= 0.3 is 0 Å². The molecule has 0 aliphatic rings. The predicted molar refractivity (Wildman–Crippen MR) is 72.0 cm³/mol. The molecule has 1 aromatic carbocycles. The lowest BCUT2D eigenvalue weighted by Gasteiger charge is -2.14. The lowest BCUT2D eigenvalue weighted by molar-refractivity contribution is 0.669. The van der Waals surface area contributed by atoms with Crippen LogP contribution in [0, 0.1) is 0 Å². The predicted octanol–water partition coefficient (Wildman–Crippen LogP) is 3.52. The van der Waals surface area contributed by atoms with E-state index in [1.54, 1.807) is 0 Å². The molecule has 2 rings (SSSR count). The second kappa shape index (κ2) is 5.01. The van der Waals surface area contributed by atoms with Crippen molar-refractivity contribution in [1.82, 2.24) is 5.32 Å². The van der Waals surface area contributed by atoms with Gasteiger partial charge in [-0.3, -0.25) is 0 Å². The second-order valence-corrected chi connectivity index (χ2v) is 5.31. The molecule has 0 bridgehead atoms. The molecule has 1 unspecified atom stereocenters. The fourth-order valence-corrected chi connectivity index (χ4v) is 3.46. The summed E-state index contributed by atoms with van der Waals surface area (Å²) in [5.74, 6) is 1.12. The fraction of sp³-hybridized carbons (Fsp3) is 0.333. The molecule has 1 heterocycles. The number of thioether (sulfide) groups is 1. The largest absolute Gasteiger partial charge is 0.312 e. The minimum absolute atomic E-state index is 0.469. The molecular weight excluding hydrogens is 222 g/mol. The van der Waals surface area contributed by atoms with Crippen LogP contribution >= 0.6 is 23.1 Å². The van der Waals surface area contributed by atoms with Crippen LogP contribution in [0.15, 0.2) is 29.6 Å². The molecule has 1 aromatic heterocycles. The van der Waals surface area contributed by atoms with Gasteiger partial charge in [0.2, 0.25) is 0 Å². The Balaban J connectivity index is 2.41. The molecule has 1 atom stereocenters. The molecule has 0 saturated carbocycles. The number of fused-ring (bicyclic) bond motifs is 1. The van der Waals surface area contributed by atoms with Gasteiger partial charge in [0.15, 0.2) is 0 Å². The highest BCUT2D eigenvalue weighted by Crippen LogP contribution is 2.31. The molecule has 80 valence electrons. The lowest BCUT2D eigenvalue weighted by Crippen LogP contribution is -2.18. The summed E-state index contributed by atoms with van der Waals surface area (Å²) in [6, 6.07) is 9.09. The normalized spacial score (nSPS) is 13.2. The Morgan fingerprint density at radius 3 is 2.93 bits per heavy atom. The molecule has 1 N–H and O–H groups in total. The first-order chi connectivity index (χ1) is 7.36. The third-order valence-electron chi connectivity index (χ3n) is 2.57. The zero-order chi connectivity index (χ0) is 10.7. The maximum Gasteiger partial charge on any atom is 0.0423 e. The van der Waals surface area contributed by atoms with Crippen LogP contribution in [0.4, 0.5) is 0 Å². The van der Waals surface area contributed by atoms with E-state index in [1.165, 1.54) is 15.6 Å². The summed E-state index contributed by atoms with van der Waals surface area (Å²) in [6.07, 6.45) is 2.15. The number of benzene rings is 1. The molecule has 15 heavy (non-hydrogen) atoms. The molecule has 0 spiro atoms. The minimum atomic E-state index is 0.469. The van der Waals surface area contributed by atoms with Crippen molar-refractivity contribution < 1.29 is 0 Å². The zero-order valence-electron chi connectivity index (χ0n) is 8.99. The Labute approximate surface area is 98.9 Å². The van der Waals surface area contributed by atoms with Crippen molar-refractivity contribution in [1.29, 1.82) is 0 Å². The Morgan fingerprint density at radius 2 is 2.20 bits per heavy atom. The molecule has 0 amide bonds. The molecule has 0 saturated heterocycles.